The highest BCUT2D eigenvalue weighted by Crippen LogP contribution is 2.36. The van der Waals surface area contributed by atoms with Crippen LogP contribution in [0.1, 0.15) is 6.42 Å². The van der Waals surface area contributed by atoms with Crippen molar-refractivity contribution >= 4 is 23.4 Å². The van der Waals surface area contributed by atoms with E-state index in [1.807, 2.05) is 6.07 Å². The van der Waals surface area contributed by atoms with Crippen LogP contribution in [-0.4, -0.2) is 74.5 Å². The zero-order chi connectivity index (χ0) is 19.1. The highest BCUT2D eigenvalue weighted by molar-refractivity contribution is 6.01. The van der Waals surface area contributed by atoms with E-state index in [-0.39, 0.29) is 36.0 Å². The molecule has 1 aromatic rings. The lowest BCUT2D eigenvalue weighted by Crippen LogP contribution is -2.57. The van der Waals surface area contributed by atoms with Gasteiger partial charge in [0.2, 0.25) is 17.7 Å². The second-order valence-corrected chi connectivity index (χ2v) is 7.41. The predicted octanol–water partition coefficient (Wildman–Crippen LogP) is 0.357. The van der Waals surface area contributed by atoms with Crippen molar-refractivity contribution in [3.8, 4) is 11.5 Å². The first-order valence-electron chi connectivity index (χ1n) is 9.14. The second kappa shape index (κ2) is 6.75. The molecule has 3 amide bonds. The van der Waals surface area contributed by atoms with Gasteiger partial charge in [-0.1, -0.05) is 0 Å². The summed E-state index contributed by atoms with van der Waals surface area (Å²) in [5.74, 6) is 0.698. The van der Waals surface area contributed by atoms with Crippen LogP contribution < -0.4 is 14.4 Å². The third-order valence-corrected chi connectivity index (χ3v) is 5.29. The van der Waals surface area contributed by atoms with Gasteiger partial charge in [0.15, 0.2) is 11.5 Å². The Morgan fingerprint density at radius 2 is 1.74 bits per heavy atom. The van der Waals surface area contributed by atoms with E-state index < -0.39 is 0 Å². The number of rotatable bonds is 3. The van der Waals surface area contributed by atoms with Gasteiger partial charge < -0.3 is 24.2 Å². The number of hydrogen-bond donors (Lipinski definition) is 0. The minimum atomic E-state index is -0.374. The highest BCUT2D eigenvalue weighted by Gasteiger charge is 2.43. The van der Waals surface area contributed by atoms with Gasteiger partial charge in [0.1, 0.15) is 13.2 Å². The largest absolute Gasteiger partial charge is 0.486 e. The maximum Gasteiger partial charge on any atom is 0.228 e. The number of benzene rings is 1. The van der Waals surface area contributed by atoms with E-state index >= 15 is 0 Å². The first-order valence-corrected chi connectivity index (χ1v) is 9.14. The zero-order valence-corrected chi connectivity index (χ0v) is 15.5. The quantitative estimate of drug-likeness (QED) is 0.764. The number of anilines is 1. The van der Waals surface area contributed by atoms with Crippen molar-refractivity contribution in [3.05, 3.63) is 18.2 Å². The summed E-state index contributed by atoms with van der Waals surface area (Å²) in [5.41, 5.74) is 0.712. The molecule has 1 atom stereocenters. The fourth-order valence-electron chi connectivity index (χ4n) is 3.76. The Hall–Kier alpha value is -2.77. The van der Waals surface area contributed by atoms with Crippen molar-refractivity contribution in [1.82, 2.24) is 9.80 Å². The molecule has 4 rings (SSSR count). The minimum Gasteiger partial charge on any atom is -0.486 e. The average molecular weight is 373 g/mol. The molecule has 3 aliphatic rings. The lowest BCUT2D eigenvalue weighted by atomic mass is 9.95. The number of nitrogens with zero attached hydrogens (tertiary/aromatic N) is 3. The molecule has 0 spiro atoms. The van der Waals surface area contributed by atoms with Gasteiger partial charge in [-0.3, -0.25) is 14.4 Å². The molecule has 3 aliphatic heterocycles. The predicted molar refractivity (Wildman–Crippen MR) is 96.7 cm³/mol. The van der Waals surface area contributed by atoms with E-state index in [1.54, 1.807) is 40.9 Å². The molecule has 8 heteroatoms. The van der Waals surface area contributed by atoms with E-state index in [0.29, 0.717) is 50.0 Å². The van der Waals surface area contributed by atoms with Crippen molar-refractivity contribution in [2.24, 2.45) is 11.8 Å². The number of carbonyl (C=O) groups excluding carboxylic acids is 3. The Labute approximate surface area is 157 Å². The monoisotopic (exact) mass is 373 g/mol. The van der Waals surface area contributed by atoms with Crippen LogP contribution in [0.15, 0.2) is 18.2 Å². The standard InChI is InChI=1S/C19H23N3O5/c1-20(2)18(24)13-9-21(10-13)19(25)12-7-17(23)22(11-12)14-3-4-15-16(8-14)27-6-5-26-15/h3-4,8,12-13H,5-7,9-11H2,1-2H3. The summed E-state index contributed by atoms with van der Waals surface area (Å²) in [5, 5.41) is 0. The number of ether oxygens (including phenoxy) is 2. The Bertz CT molecular complexity index is 788. The number of amides is 3. The molecule has 8 nitrogen and oxygen atoms in total. The molecule has 1 unspecified atom stereocenters. The van der Waals surface area contributed by atoms with Crippen molar-refractivity contribution in [2.45, 2.75) is 6.42 Å². The van der Waals surface area contributed by atoms with Gasteiger partial charge in [0.25, 0.3) is 0 Å². The molecule has 144 valence electrons. The molecule has 27 heavy (non-hydrogen) atoms. The van der Waals surface area contributed by atoms with Gasteiger partial charge in [0.05, 0.1) is 11.8 Å². The van der Waals surface area contributed by atoms with Crippen LogP contribution in [0.3, 0.4) is 0 Å². The van der Waals surface area contributed by atoms with Crippen molar-refractivity contribution in [3.63, 3.8) is 0 Å². The Kier molecular flexibility index (Phi) is 4.41. The van der Waals surface area contributed by atoms with E-state index in [2.05, 4.69) is 0 Å². The van der Waals surface area contributed by atoms with E-state index in [1.165, 1.54) is 0 Å². The Morgan fingerprint density at radius 1 is 1.04 bits per heavy atom. The molecule has 0 saturated carbocycles. The van der Waals surface area contributed by atoms with E-state index in [0.717, 1.165) is 0 Å². The fraction of sp³-hybridized carbons (Fsp3) is 0.526. The molecule has 0 aromatic heterocycles. The van der Waals surface area contributed by atoms with Crippen molar-refractivity contribution in [1.29, 1.82) is 0 Å². The smallest absolute Gasteiger partial charge is 0.228 e. The van der Waals surface area contributed by atoms with E-state index in [4.69, 9.17) is 9.47 Å². The topological polar surface area (TPSA) is 79.4 Å². The van der Waals surface area contributed by atoms with Crippen LogP contribution in [0.5, 0.6) is 11.5 Å². The van der Waals surface area contributed by atoms with Crippen LogP contribution in [0.25, 0.3) is 0 Å². The molecule has 0 radical (unpaired) electrons. The summed E-state index contributed by atoms with van der Waals surface area (Å²) in [7, 11) is 3.43. The molecule has 0 N–H and O–H groups in total. The molecule has 3 heterocycles. The number of hydrogen-bond acceptors (Lipinski definition) is 5. The van der Waals surface area contributed by atoms with Gasteiger partial charge in [-0.2, -0.15) is 0 Å². The Balaban J connectivity index is 1.39. The third kappa shape index (κ3) is 3.20. The second-order valence-electron chi connectivity index (χ2n) is 7.41. The minimum absolute atomic E-state index is 0.0412. The van der Waals surface area contributed by atoms with Crippen LogP contribution in [-0.2, 0) is 14.4 Å². The summed E-state index contributed by atoms with van der Waals surface area (Å²) in [6, 6.07) is 5.39. The van der Waals surface area contributed by atoms with Gasteiger partial charge >= 0.3 is 0 Å². The molecule has 1 aromatic carbocycles. The zero-order valence-electron chi connectivity index (χ0n) is 15.5. The van der Waals surface area contributed by atoms with Crippen LogP contribution in [0.2, 0.25) is 0 Å². The number of carbonyl (C=O) groups is 3. The van der Waals surface area contributed by atoms with Crippen LogP contribution in [0, 0.1) is 11.8 Å². The fourth-order valence-corrected chi connectivity index (χ4v) is 3.76. The molecular weight excluding hydrogens is 350 g/mol. The first-order chi connectivity index (χ1) is 12.9. The third-order valence-electron chi connectivity index (χ3n) is 5.29. The molecule has 2 saturated heterocycles. The molecule has 0 bridgehead atoms. The normalized spacial score (nSPS) is 21.9. The van der Waals surface area contributed by atoms with Gasteiger partial charge in [-0.15, -0.1) is 0 Å². The molecule has 2 fully saturated rings. The average Bonchev–Trinajstić information content (AvgIpc) is 3.01. The summed E-state index contributed by atoms with van der Waals surface area (Å²) in [6.07, 6.45) is 0.191. The first kappa shape index (κ1) is 17.6. The van der Waals surface area contributed by atoms with E-state index in [9.17, 15) is 14.4 Å². The summed E-state index contributed by atoms with van der Waals surface area (Å²) in [6.45, 7) is 2.21. The number of likely N-dealkylation sites (tertiary alicyclic amines) is 1. The SMILES string of the molecule is CN(C)C(=O)C1CN(C(=O)C2CC(=O)N(c3ccc4c(c3)OCCO4)C2)C1. The lowest BCUT2D eigenvalue weighted by molar-refractivity contribution is -0.149. The van der Waals surface area contributed by atoms with Gasteiger partial charge in [-0.25, -0.2) is 0 Å². The molecule has 0 aliphatic carbocycles. The van der Waals surface area contributed by atoms with Crippen LogP contribution >= 0.6 is 0 Å². The van der Waals surface area contributed by atoms with Crippen molar-refractivity contribution < 1.29 is 23.9 Å². The van der Waals surface area contributed by atoms with Gasteiger partial charge in [0, 0.05) is 51.9 Å². The summed E-state index contributed by atoms with van der Waals surface area (Å²) in [4.78, 5) is 42.0. The number of fused-ring (bicyclic) bond motifs is 1. The highest BCUT2D eigenvalue weighted by atomic mass is 16.6. The maximum atomic E-state index is 12.7. The van der Waals surface area contributed by atoms with Gasteiger partial charge in [-0.05, 0) is 12.1 Å². The summed E-state index contributed by atoms with van der Waals surface area (Å²) >= 11 is 0. The van der Waals surface area contributed by atoms with Crippen molar-refractivity contribution in [2.75, 3.05) is 51.8 Å². The maximum absolute atomic E-state index is 12.7. The lowest BCUT2D eigenvalue weighted by Gasteiger charge is -2.40. The van der Waals surface area contributed by atoms with Crippen LogP contribution in [0.4, 0.5) is 5.69 Å². The summed E-state index contributed by atoms with van der Waals surface area (Å²) < 4.78 is 11.1. The Morgan fingerprint density at radius 3 is 2.44 bits per heavy atom. The molecular formula is C19H23N3O5.